The maximum absolute atomic E-state index is 9.77. The highest BCUT2D eigenvalue weighted by Crippen LogP contribution is 2.31. The summed E-state index contributed by atoms with van der Waals surface area (Å²) in [5.74, 6) is -10.6. The number of benzene rings is 2. The summed E-state index contributed by atoms with van der Waals surface area (Å²) in [6, 6.07) is 14.6. The summed E-state index contributed by atoms with van der Waals surface area (Å²) >= 11 is 24.7. The number of rotatable bonds is 17. The summed E-state index contributed by atoms with van der Waals surface area (Å²) in [5, 5.41) is 108. The number of halogens is 4. The van der Waals surface area contributed by atoms with E-state index in [0.29, 0.717) is 12.1 Å². The molecule has 0 bridgehead atoms. The maximum atomic E-state index is 9.77. The molecule has 0 amide bonds. The molecule has 2 aliphatic carbocycles. The molecule has 22 nitrogen and oxygen atoms in total. The number of carbonyl (C=O) groups is 6. The Morgan fingerprint density at radius 3 is 0.833 bits per heavy atom. The second kappa shape index (κ2) is 33.0. The Balaban J connectivity index is 0.000000325. The first-order valence-electron chi connectivity index (χ1n) is 23.1. The molecule has 0 spiro atoms. The van der Waals surface area contributed by atoms with Crippen molar-refractivity contribution < 1.29 is 90.0 Å². The van der Waals surface area contributed by atoms with Crippen molar-refractivity contribution in [2.24, 2.45) is 0 Å². The van der Waals surface area contributed by atoms with Gasteiger partial charge >= 0.3 is 35.8 Å². The van der Waals surface area contributed by atoms with Gasteiger partial charge < -0.3 is 71.9 Å². The van der Waals surface area contributed by atoms with Gasteiger partial charge in [-0.1, -0.05) is 84.9 Å². The van der Waals surface area contributed by atoms with Crippen molar-refractivity contribution in [1.29, 1.82) is 0 Å². The minimum Gasteiger partial charge on any atom is -0.479 e. The van der Waals surface area contributed by atoms with E-state index in [4.69, 9.17) is 108 Å². The van der Waals surface area contributed by atoms with Crippen LogP contribution in [0.4, 0.5) is 0 Å². The van der Waals surface area contributed by atoms with E-state index in [2.05, 4.69) is 44.7 Å². The van der Waals surface area contributed by atoms with Crippen molar-refractivity contribution in [3.05, 3.63) is 67.6 Å². The third-order valence-corrected chi connectivity index (χ3v) is 13.0. The monoisotopic (exact) mass is 1100 g/mol. The van der Waals surface area contributed by atoms with Gasteiger partial charge in [-0.3, -0.25) is 9.80 Å². The zero-order valence-electron chi connectivity index (χ0n) is 39.2. The average molecular weight is 1100 g/mol. The Hall–Kier alpha value is -3.98. The molecule has 0 radical (unpaired) electrons. The van der Waals surface area contributed by atoms with Crippen molar-refractivity contribution in [2.75, 3.05) is 26.2 Å². The standard InChI is InChI=1S/2C17H24Cl2N2.3C4H6O6/c2*18-14-8-13(9-15(19)10-14)12-21(17-6-7-20-11-17)16-4-2-1-3-5-16;3*5-1(3(7)8)2(6)4(9)10/h2*8-10,16-17,20H,1-7,11-12H2;3*1-2,5-6H,(H,7,8)(H,9,10)/t2*17-;3*1-,2-/m00000/s1. The van der Waals surface area contributed by atoms with Gasteiger partial charge in [0.1, 0.15) is 0 Å². The number of hydrogen-bond acceptors (Lipinski definition) is 16. The van der Waals surface area contributed by atoms with E-state index in [1.54, 1.807) is 0 Å². The second-order valence-electron chi connectivity index (χ2n) is 17.5. The summed E-state index contributed by atoms with van der Waals surface area (Å²) in [4.78, 5) is 64.1. The zero-order chi connectivity index (χ0) is 54.2. The normalized spacial score (nSPS) is 20.5. The molecule has 6 rings (SSSR count). The summed E-state index contributed by atoms with van der Waals surface area (Å²) in [7, 11) is 0. The van der Waals surface area contributed by atoms with Crippen LogP contribution < -0.4 is 10.6 Å². The lowest BCUT2D eigenvalue weighted by Crippen LogP contribution is -2.44. The minimum atomic E-state index is -2.27. The van der Waals surface area contributed by atoms with Gasteiger partial charge in [-0.05, 0) is 99.1 Å². The van der Waals surface area contributed by atoms with Crippen molar-refractivity contribution in [3.8, 4) is 0 Å². The highest BCUT2D eigenvalue weighted by atomic mass is 35.5. The van der Waals surface area contributed by atoms with Crippen LogP contribution in [0.3, 0.4) is 0 Å². The lowest BCUT2D eigenvalue weighted by molar-refractivity contribution is -0.165. The fourth-order valence-electron chi connectivity index (χ4n) is 8.42. The molecule has 14 N–H and O–H groups in total. The van der Waals surface area contributed by atoms with Gasteiger partial charge in [0.05, 0.1) is 0 Å². The van der Waals surface area contributed by atoms with E-state index in [1.165, 1.54) is 88.2 Å². The minimum absolute atomic E-state index is 0.658. The van der Waals surface area contributed by atoms with E-state index in [0.717, 1.165) is 71.4 Å². The van der Waals surface area contributed by atoms with Crippen LogP contribution in [0, 0.1) is 0 Å². The summed E-state index contributed by atoms with van der Waals surface area (Å²) in [5.41, 5.74) is 2.48. The number of carboxylic acids is 6. The fourth-order valence-corrected chi connectivity index (χ4v) is 9.56. The van der Waals surface area contributed by atoms with Crippen LogP contribution in [-0.2, 0) is 41.9 Å². The molecule has 2 aliphatic heterocycles. The summed E-state index contributed by atoms with van der Waals surface area (Å²) < 4.78 is 0. The zero-order valence-corrected chi connectivity index (χ0v) is 42.2. The Bertz CT molecular complexity index is 1770. The van der Waals surface area contributed by atoms with Crippen LogP contribution in [-0.4, -0.2) is 194 Å². The number of aliphatic hydroxyl groups is 6. The molecular formula is C46H66Cl4N4O18. The molecule has 2 aromatic rings. The molecule has 0 unspecified atom stereocenters. The molecule has 4 aliphatic rings. The lowest BCUT2D eigenvalue weighted by atomic mass is 9.92. The third kappa shape index (κ3) is 23.1. The van der Waals surface area contributed by atoms with Gasteiger partial charge in [-0.25, -0.2) is 28.8 Å². The van der Waals surface area contributed by atoms with Gasteiger partial charge in [-0.15, -0.1) is 0 Å². The first-order valence-corrected chi connectivity index (χ1v) is 24.6. The van der Waals surface area contributed by atoms with Crippen LogP contribution in [0.5, 0.6) is 0 Å². The Morgan fingerprint density at radius 1 is 0.403 bits per heavy atom. The molecule has 2 aromatic carbocycles. The van der Waals surface area contributed by atoms with Crippen molar-refractivity contribution in [3.63, 3.8) is 0 Å². The topological polar surface area (TPSA) is 376 Å². The molecule has 2 saturated heterocycles. The number of aliphatic carboxylic acids is 6. The number of nitrogens with one attached hydrogen (secondary N) is 2. The number of aliphatic hydroxyl groups excluding tert-OH is 6. The van der Waals surface area contributed by atoms with Gasteiger partial charge in [0.2, 0.25) is 0 Å². The predicted molar refractivity (Wildman–Crippen MR) is 262 cm³/mol. The maximum Gasteiger partial charge on any atom is 0.335 e. The molecule has 26 heteroatoms. The molecule has 4 fully saturated rings. The molecule has 2 saturated carbocycles. The van der Waals surface area contributed by atoms with E-state index >= 15 is 0 Å². The van der Waals surface area contributed by atoms with E-state index in [-0.39, 0.29) is 0 Å². The lowest BCUT2D eigenvalue weighted by Gasteiger charge is -2.38. The van der Waals surface area contributed by atoms with Crippen LogP contribution in [0.2, 0.25) is 20.1 Å². The van der Waals surface area contributed by atoms with E-state index in [1.807, 2.05) is 12.1 Å². The van der Waals surface area contributed by atoms with Crippen LogP contribution >= 0.6 is 46.4 Å². The van der Waals surface area contributed by atoms with Crippen molar-refractivity contribution in [2.45, 2.75) is 151 Å². The highest BCUT2D eigenvalue weighted by molar-refractivity contribution is 6.35. The molecule has 72 heavy (non-hydrogen) atoms. The van der Waals surface area contributed by atoms with Gasteiger partial charge in [-0.2, -0.15) is 0 Å². The summed E-state index contributed by atoms with van der Waals surface area (Å²) in [6.45, 7) is 6.46. The summed E-state index contributed by atoms with van der Waals surface area (Å²) in [6.07, 6.45) is 2.55. The van der Waals surface area contributed by atoms with Crippen LogP contribution in [0.25, 0.3) is 0 Å². The molecular weight excluding hydrogens is 1040 g/mol. The van der Waals surface area contributed by atoms with E-state index < -0.39 is 72.4 Å². The van der Waals surface area contributed by atoms with Crippen LogP contribution in [0.1, 0.15) is 88.2 Å². The Morgan fingerprint density at radius 2 is 0.639 bits per heavy atom. The van der Waals surface area contributed by atoms with Gasteiger partial charge in [0.15, 0.2) is 36.6 Å². The fraction of sp³-hybridized carbons (Fsp3) is 0.609. The molecule has 406 valence electrons. The SMILES string of the molecule is Clc1cc(Cl)cc(CN(C2CCCCC2)[C@H]2CCNC2)c1.Clc1cc(Cl)cc(CN(C2CCCCC2)[C@H]2CCNC2)c1.O=C(O)[C@@H](O)[C@H](O)C(=O)O.O=C(O)[C@@H](O)[C@H](O)C(=O)O.O=C(O)[C@@H](O)[C@H](O)C(=O)O. The molecule has 8 atom stereocenters. The van der Waals surface area contributed by atoms with E-state index in [9.17, 15) is 28.8 Å². The predicted octanol–water partition coefficient (Wildman–Crippen LogP) is 2.61. The third-order valence-electron chi connectivity index (χ3n) is 12.1. The van der Waals surface area contributed by atoms with Crippen LogP contribution in [0.15, 0.2) is 36.4 Å². The van der Waals surface area contributed by atoms with Gasteiger partial charge in [0, 0.05) is 70.4 Å². The Kier molecular flexibility index (Phi) is 29.4. The number of carboxylic acid groups (broad SMARTS) is 6. The molecule has 2 heterocycles. The molecule has 0 aromatic heterocycles. The van der Waals surface area contributed by atoms with Crippen molar-refractivity contribution >= 4 is 82.2 Å². The Labute approximate surface area is 435 Å². The van der Waals surface area contributed by atoms with Crippen molar-refractivity contribution in [1.82, 2.24) is 20.4 Å². The largest absolute Gasteiger partial charge is 0.479 e. The first kappa shape index (κ1) is 64.1. The highest BCUT2D eigenvalue weighted by Gasteiger charge is 2.33. The average Bonchev–Trinajstić information content (AvgIpc) is 4.08. The smallest absolute Gasteiger partial charge is 0.335 e. The second-order valence-corrected chi connectivity index (χ2v) is 19.2. The number of hydrogen-bond donors (Lipinski definition) is 14. The quantitative estimate of drug-likeness (QED) is 0.108. The number of nitrogens with zero attached hydrogens (tertiary/aromatic N) is 2. The van der Waals surface area contributed by atoms with Gasteiger partial charge in [0.25, 0.3) is 0 Å². The first-order chi connectivity index (χ1) is 33.8.